The second kappa shape index (κ2) is 9.64. The first-order valence-electron chi connectivity index (χ1n) is 11.5. The molecule has 1 aliphatic rings. The number of H-pyrrole nitrogens is 1. The first-order valence-corrected chi connectivity index (χ1v) is 12.4. The Morgan fingerprint density at radius 3 is 2.76 bits per heavy atom. The number of aryl methyl sites for hydroxylation is 1. The molecule has 34 heavy (non-hydrogen) atoms. The van der Waals surface area contributed by atoms with Gasteiger partial charge in [-0.2, -0.15) is 0 Å². The van der Waals surface area contributed by atoms with Crippen LogP contribution in [0.1, 0.15) is 35.8 Å². The summed E-state index contributed by atoms with van der Waals surface area (Å²) in [6, 6.07) is 15.7. The standard InChI is InChI=1S/C26H28N4O3S/c1-16-23(21-8-4-5-9-22(21)27-16)24(31)17(2)34-26-29-28-25(18-10-12-19(32-3)13-11-18)30(26)15-20-7-6-14-33-20/h4-5,8-13,17,20,27H,6-7,14-15H2,1-3H3/t17-,20+/m1/s1. The number of rotatable bonds is 8. The van der Waals surface area contributed by atoms with Crippen LogP contribution in [0.5, 0.6) is 5.75 Å². The molecule has 1 saturated heterocycles. The lowest BCUT2D eigenvalue weighted by molar-refractivity contribution is 0.0953. The molecule has 176 valence electrons. The van der Waals surface area contributed by atoms with E-state index >= 15 is 0 Å². The van der Waals surface area contributed by atoms with Crippen molar-refractivity contribution in [3.8, 4) is 17.1 Å². The maximum absolute atomic E-state index is 13.5. The molecule has 2 atom stereocenters. The van der Waals surface area contributed by atoms with E-state index in [2.05, 4.69) is 19.7 Å². The molecule has 0 bridgehead atoms. The third-order valence-corrected chi connectivity index (χ3v) is 7.35. The monoisotopic (exact) mass is 476 g/mol. The number of Topliss-reactive ketones (excluding diaryl/α,β-unsaturated/α-hetero) is 1. The Hall–Kier alpha value is -3.10. The van der Waals surface area contributed by atoms with Gasteiger partial charge in [0.25, 0.3) is 0 Å². The summed E-state index contributed by atoms with van der Waals surface area (Å²) in [4.78, 5) is 16.8. The van der Waals surface area contributed by atoms with Gasteiger partial charge in [0.05, 0.1) is 25.0 Å². The van der Waals surface area contributed by atoms with Crippen LogP contribution in [0.15, 0.2) is 53.7 Å². The van der Waals surface area contributed by atoms with Gasteiger partial charge in [0.1, 0.15) is 5.75 Å². The van der Waals surface area contributed by atoms with Gasteiger partial charge >= 0.3 is 0 Å². The molecular formula is C26H28N4O3S. The number of ketones is 1. The number of para-hydroxylation sites is 1. The number of thioether (sulfide) groups is 1. The summed E-state index contributed by atoms with van der Waals surface area (Å²) < 4.78 is 13.3. The Morgan fingerprint density at radius 1 is 1.24 bits per heavy atom. The number of methoxy groups -OCH3 is 1. The van der Waals surface area contributed by atoms with Crippen molar-refractivity contribution in [2.45, 2.75) is 49.7 Å². The van der Waals surface area contributed by atoms with Gasteiger partial charge in [-0.1, -0.05) is 30.0 Å². The maximum atomic E-state index is 13.5. The van der Waals surface area contributed by atoms with Crippen molar-refractivity contribution in [1.29, 1.82) is 0 Å². The van der Waals surface area contributed by atoms with Crippen molar-refractivity contribution in [1.82, 2.24) is 19.7 Å². The van der Waals surface area contributed by atoms with Gasteiger partial charge in [0, 0.05) is 34.3 Å². The van der Waals surface area contributed by atoms with E-state index in [-0.39, 0.29) is 17.1 Å². The zero-order chi connectivity index (χ0) is 23.7. The molecule has 0 radical (unpaired) electrons. The summed E-state index contributed by atoms with van der Waals surface area (Å²) >= 11 is 1.45. The van der Waals surface area contributed by atoms with Crippen molar-refractivity contribution < 1.29 is 14.3 Å². The SMILES string of the molecule is COc1ccc(-c2nnc(S[C@H](C)C(=O)c3c(C)[nH]c4ccccc34)n2C[C@@H]2CCCO2)cc1. The Morgan fingerprint density at radius 2 is 2.03 bits per heavy atom. The topological polar surface area (TPSA) is 82.0 Å². The molecule has 2 aromatic carbocycles. The third kappa shape index (κ3) is 4.35. The minimum absolute atomic E-state index is 0.0811. The summed E-state index contributed by atoms with van der Waals surface area (Å²) in [5.41, 5.74) is 3.56. The molecule has 8 heteroatoms. The number of nitrogens with one attached hydrogen (secondary N) is 1. The van der Waals surface area contributed by atoms with Gasteiger partial charge < -0.3 is 14.5 Å². The number of ether oxygens (including phenoxy) is 2. The number of benzene rings is 2. The van der Waals surface area contributed by atoms with Crippen LogP contribution in [0.25, 0.3) is 22.3 Å². The van der Waals surface area contributed by atoms with Crippen LogP contribution in [0.3, 0.4) is 0 Å². The van der Waals surface area contributed by atoms with E-state index in [0.717, 1.165) is 63.9 Å². The molecule has 0 spiro atoms. The molecule has 4 aromatic rings. The smallest absolute Gasteiger partial charge is 0.192 e. The highest BCUT2D eigenvalue weighted by atomic mass is 32.2. The van der Waals surface area contributed by atoms with Crippen molar-refractivity contribution >= 4 is 28.4 Å². The highest BCUT2D eigenvalue weighted by molar-refractivity contribution is 8.00. The number of nitrogens with zero attached hydrogens (tertiary/aromatic N) is 3. The second-order valence-electron chi connectivity index (χ2n) is 8.58. The average Bonchev–Trinajstić information content (AvgIpc) is 3.58. The van der Waals surface area contributed by atoms with Crippen LogP contribution in [0, 0.1) is 6.92 Å². The number of fused-ring (bicyclic) bond motifs is 1. The van der Waals surface area contributed by atoms with Crippen molar-refractivity contribution in [2.75, 3.05) is 13.7 Å². The highest BCUT2D eigenvalue weighted by Crippen LogP contribution is 2.32. The molecule has 0 amide bonds. The summed E-state index contributed by atoms with van der Waals surface area (Å²) in [6.45, 7) is 5.32. The molecule has 1 fully saturated rings. The number of aromatic nitrogens is 4. The van der Waals surface area contributed by atoms with Gasteiger partial charge in [-0.25, -0.2) is 0 Å². The van der Waals surface area contributed by atoms with Gasteiger partial charge in [-0.3, -0.25) is 9.36 Å². The highest BCUT2D eigenvalue weighted by Gasteiger charge is 2.27. The molecule has 1 N–H and O–H groups in total. The van der Waals surface area contributed by atoms with Crippen LogP contribution in [-0.2, 0) is 11.3 Å². The van der Waals surface area contributed by atoms with Crippen molar-refractivity contribution in [2.24, 2.45) is 0 Å². The predicted molar refractivity (Wildman–Crippen MR) is 134 cm³/mol. The quantitative estimate of drug-likeness (QED) is 0.275. The molecule has 5 rings (SSSR count). The molecule has 0 unspecified atom stereocenters. The average molecular weight is 477 g/mol. The third-order valence-electron chi connectivity index (χ3n) is 6.27. The van der Waals surface area contributed by atoms with Crippen LogP contribution in [0.4, 0.5) is 0 Å². The van der Waals surface area contributed by atoms with Gasteiger partial charge in [0.2, 0.25) is 0 Å². The number of carbonyl (C=O) groups excluding carboxylic acids is 1. The van der Waals surface area contributed by atoms with Crippen LogP contribution in [-0.4, -0.2) is 50.6 Å². The summed E-state index contributed by atoms with van der Waals surface area (Å²) in [5.74, 6) is 1.64. The van der Waals surface area contributed by atoms with Crippen molar-refractivity contribution in [3.05, 3.63) is 59.8 Å². The fraction of sp³-hybridized carbons (Fsp3) is 0.346. The lowest BCUT2D eigenvalue weighted by Crippen LogP contribution is -2.19. The van der Waals surface area contributed by atoms with Gasteiger partial charge in [-0.05, 0) is 57.0 Å². The number of carbonyl (C=O) groups is 1. The first kappa shape index (κ1) is 22.7. The lowest BCUT2D eigenvalue weighted by atomic mass is 10.1. The van der Waals surface area contributed by atoms with Crippen molar-refractivity contribution in [3.63, 3.8) is 0 Å². The van der Waals surface area contributed by atoms with E-state index in [1.807, 2.05) is 62.4 Å². The summed E-state index contributed by atoms with van der Waals surface area (Å²) in [6.07, 6.45) is 2.18. The first-order chi connectivity index (χ1) is 16.5. The predicted octanol–water partition coefficient (Wildman–Crippen LogP) is 5.29. The molecule has 0 saturated carbocycles. The second-order valence-corrected chi connectivity index (χ2v) is 9.88. The lowest BCUT2D eigenvalue weighted by Gasteiger charge is -2.16. The number of hydrogen-bond acceptors (Lipinski definition) is 6. The van der Waals surface area contributed by atoms with E-state index in [1.54, 1.807) is 7.11 Å². The molecular weight excluding hydrogens is 448 g/mol. The van der Waals surface area contributed by atoms with Crippen LogP contribution >= 0.6 is 11.8 Å². The molecule has 1 aliphatic heterocycles. The number of aromatic amines is 1. The van der Waals surface area contributed by atoms with E-state index in [0.29, 0.717) is 6.54 Å². The molecule has 2 aromatic heterocycles. The molecule has 3 heterocycles. The number of hydrogen-bond donors (Lipinski definition) is 1. The fourth-order valence-electron chi connectivity index (χ4n) is 4.50. The molecule has 0 aliphatic carbocycles. The van der Waals surface area contributed by atoms with E-state index in [4.69, 9.17) is 9.47 Å². The Bertz CT molecular complexity index is 1310. The van der Waals surface area contributed by atoms with E-state index in [9.17, 15) is 4.79 Å². The summed E-state index contributed by atoms with van der Waals surface area (Å²) in [5, 5.41) is 10.4. The Labute approximate surface area is 202 Å². The van der Waals surface area contributed by atoms with Crippen LogP contribution < -0.4 is 4.74 Å². The minimum atomic E-state index is -0.325. The van der Waals surface area contributed by atoms with Gasteiger partial charge in [-0.15, -0.1) is 10.2 Å². The maximum Gasteiger partial charge on any atom is 0.192 e. The van der Waals surface area contributed by atoms with Crippen LogP contribution in [0.2, 0.25) is 0 Å². The fourth-order valence-corrected chi connectivity index (χ4v) is 5.41. The molecule has 7 nitrogen and oxygen atoms in total. The summed E-state index contributed by atoms with van der Waals surface area (Å²) in [7, 11) is 1.65. The van der Waals surface area contributed by atoms with E-state index in [1.165, 1.54) is 11.8 Å². The minimum Gasteiger partial charge on any atom is -0.497 e. The van der Waals surface area contributed by atoms with E-state index < -0.39 is 0 Å². The van der Waals surface area contributed by atoms with Gasteiger partial charge in [0.15, 0.2) is 16.8 Å². The zero-order valence-electron chi connectivity index (χ0n) is 19.6. The zero-order valence-corrected chi connectivity index (χ0v) is 20.4. The Kier molecular flexibility index (Phi) is 6.43. The largest absolute Gasteiger partial charge is 0.497 e. The Balaban J connectivity index is 1.45. The normalized spacial score (nSPS) is 16.7.